The number of alkyl halides is 1. The molecule has 0 amide bonds. The average molecular weight is 1090 g/mol. The third-order valence-electron chi connectivity index (χ3n) is 14.4. The van der Waals surface area contributed by atoms with Crippen LogP contribution in [0.4, 0.5) is 0 Å². The summed E-state index contributed by atoms with van der Waals surface area (Å²) in [5.74, 6) is 0.945. The van der Waals surface area contributed by atoms with Crippen LogP contribution in [0.25, 0.3) is 0 Å². The van der Waals surface area contributed by atoms with Crippen LogP contribution in [0.5, 0.6) is 0 Å². The van der Waals surface area contributed by atoms with E-state index in [0.717, 1.165) is 108 Å². The summed E-state index contributed by atoms with van der Waals surface area (Å²) in [7, 11) is 0. The summed E-state index contributed by atoms with van der Waals surface area (Å²) in [6, 6.07) is 0. The van der Waals surface area contributed by atoms with Crippen LogP contribution in [-0.2, 0) is 28.6 Å². The van der Waals surface area contributed by atoms with Gasteiger partial charge in [0.2, 0.25) is 0 Å². The van der Waals surface area contributed by atoms with Gasteiger partial charge in [0.25, 0.3) is 0 Å². The summed E-state index contributed by atoms with van der Waals surface area (Å²) in [4.78, 5) is 38.8. The van der Waals surface area contributed by atoms with Crippen molar-refractivity contribution in [2.45, 2.75) is 330 Å². The predicted molar refractivity (Wildman–Crippen MR) is 313 cm³/mol. The molecule has 72 heavy (non-hydrogen) atoms. The number of hydrogen-bond donors (Lipinski definition) is 1. The first kappa shape index (κ1) is 72.9. The number of carbonyl (C=O) groups is 3. The molecule has 0 fully saturated rings. The summed E-state index contributed by atoms with van der Waals surface area (Å²) in [5.41, 5.74) is 0. The van der Waals surface area contributed by atoms with E-state index in [1.807, 2.05) is 0 Å². The lowest BCUT2D eigenvalue weighted by Crippen LogP contribution is -2.29. The van der Waals surface area contributed by atoms with E-state index in [0.29, 0.717) is 44.3 Å². The molecular weight excluding hydrogens is 963 g/mol. The second-order valence-corrected chi connectivity index (χ2v) is 22.8. The van der Waals surface area contributed by atoms with Gasteiger partial charge in [0.05, 0.1) is 19.8 Å². The zero-order valence-corrected chi connectivity index (χ0v) is 50.6. The van der Waals surface area contributed by atoms with Crippen LogP contribution >= 0.6 is 15.9 Å². The maximum absolute atomic E-state index is 12.7. The Labute approximate surface area is 457 Å². The minimum atomic E-state index is -0.0341. The van der Waals surface area contributed by atoms with Gasteiger partial charge in [-0.25, -0.2) is 0 Å². The Bertz CT molecular complexity index is 1090. The van der Waals surface area contributed by atoms with Crippen LogP contribution in [0.15, 0.2) is 0 Å². The number of rotatable bonds is 56. The summed E-state index contributed by atoms with van der Waals surface area (Å²) in [6.07, 6.45) is 51.4. The van der Waals surface area contributed by atoms with Crippen LogP contribution in [0.2, 0.25) is 0 Å². The maximum atomic E-state index is 12.7. The Kier molecular flexibility index (Phi) is 61.4. The van der Waals surface area contributed by atoms with Crippen molar-refractivity contribution in [1.82, 2.24) is 4.90 Å². The van der Waals surface area contributed by atoms with Gasteiger partial charge in [0, 0.05) is 31.1 Å². The zero-order chi connectivity index (χ0) is 53.2. The number of halogens is 1. The molecule has 0 spiro atoms. The minimum absolute atomic E-state index is 0.00618. The van der Waals surface area contributed by atoms with Crippen LogP contribution in [0.3, 0.4) is 0 Å². The van der Waals surface area contributed by atoms with Crippen molar-refractivity contribution in [3.05, 3.63) is 0 Å². The van der Waals surface area contributed by atoms with E-state index >= 15 is 0 Å². The van der Waals surface area contributed by atoms with Crippen LogP contribution in [0.1, 0.15) is 324 Å². The van der Waals surface area contributed by atoms with Gasteiger partial charge in [0.15, 0.2) is 0 Å². The highest BCUT2D eigenvalue weighted by Gasteiger charge is 2.15. The van der Waals surface area contributed by atoms with E-state index in [1.165, 1.54) is 180 Å². The SMILES string of the molecule is CCCCCCCC(C)COC(=O)CCCCCCCBr.CCCCCCCCC(CCCCCCCC)OC(=O)CCCCCCCN(CCO)CCCCCCCC(=O)OCC(C)CCCCCCC. The van der Waals surface area contributed by atoms with E-state index in [1.54, 1.807) is 0 Å². The lowest BCUT2D eigenvalue weighted by atomic mass is 10.0. The molecule has 0 aromatic heterocycles. The van der Waals surface area contributed by atoms with Gasteiger partial charge < -0.3 is 24.2 Å². The van der Waals surface area contributed by atoms with Crippen molar-refractivity contribution in [2.24, 2.45) is 11.8 Å². The van der Waals surface area contributed by atoms with Crippen molar-refractivity contribution in [3.8, 4) is 0 Å². The highest BCUT2D eigenvalue weighted by Crippen LogP contribution is 2.20. The number of ether oxygens (including phenoxy) is 3. The third-order valence-corrected chi connectivity index (χ3v) is 14.9. The van der Waals surface area contributed by atoms with Crippen LogP contribution < -0.4 is 0 Å². The van der Waals surface area contributed by atoms with Crippen LogP contribution in [0, 0.1) is 11.8 Å². The predicted octanol–water partition coefficient (Wildman–Crippen LogP) is 19.2. The van der Waals surface area contributed by atoms with E-state index in [-0.39, 0.29) is 30.6 Å². The Hall–Kier alpha value is -1.19. The van der Waals surface area contributed by atoms with Gasteiger partial charge in [0.1, 0.15) is 6.10 Å². The molecule has 0 aromatic carbocycles. The monoisotopic (exact) mass is 1090 g/mol. The number of esters is 3. The Balaban J connectivity index is 0. The molecule has 8 nitrogen and oxygen atoms in total. The van der Waals surface area contributed by atoms with Gasteiger partial charge in [-0.05, 0) is 102 Å². The molecule has 0 saturated heterocycles. The molecule has 0 bridgehead atoms. The van der Waals surface area contributed by atoms with Gasteiger partial charge >= 0.3 is 17.9 Å². The standard InChI is InChI=1S/C45H89NO5.C18H35BrO2/c1-5-8-11-14-19-26-33-43(34-27-20-15-12-9-6-2)51-45(49)36-29-22-17-24-31-38-46(39-40-47)37-30-23-16-21-28-35-44(48)50-41-42(4)32-25-18-13-10-7-3;1-3-4-5-7-10-13-17(2)16-21-18(20)14-11-8-6-9-12-15-19/h42-43,47H,5-41H2,1-4H3;17H,3-16H2,1-2H3. The summed E-state index contributed by atoms with van der Waals surface area (Å²) < 4.78 is 16.9. The highest BCUT2D eigenvalue weighted by molar-refractivity contribution is 9.09. The molecule has 2 atom stereocenters. The molecule has 430 valence electrons. The van der Waals surface area contributed by atoms with Crippen molar-refractivity contribution in [1.29, 1.82) is 0 Å². The first-order chi connectivity index (χ1) is 35.2. The first-order valence-electron chi connectivity index (χ1n) is 31.6. The quantitative estimate of drug-likeness (QED) is 0.0278. The van der Waals surface area contributed by atoms with Crippen molar-refractivity contribution >= 4 is 33.8 Å². The molecule has 0 aliphatic rings. The fourth-order valence-electron chi connectivity index (χ4n) is 9.43. The number of aliphatic hydroxyl groups excluding tert-OH is 1. The van der Waals surface area contributed by atoms with E-state index < -0.39 is 0 Å². The highest BCUT2D eigenvalue weighted by atomic mass is 79.9. The topological polar surface area (TPSA) is 102 Å². The summed E-state index contributed by atoms with van der Waals surface area (Å²) in [5, 5.41) is 10.6. The molecule has 0 radical (unpaired) electrons. The second-order valence-electron chi connectivity index (χ2n) is 22.0. The smallest absolute Gasteiger partial charge is 0.306 e. The van der Waals surface area contributed by atoms with Crippen molar-refractivity contribution in [3.63, 3.8) is 0 Å². The molecule has 0 aliphatic carbocycles. The second kappa shape index (κ2) is 60.7. The molecule has 0 aromatic rings. The number of nitrogens with zero attached hydrogens (tertiary/aromatic N) is 1. The summed E-state index contributed by atoms with van der Waals surface area (Å²) >= 11 is 3.43. The number of aliphatic hydroxyl groups is 1. The fourth-order valence-corrected chi connectivity index (χ4v) is 9.82. The third kappa shape index (κ3) is 58.1. The number of unbranched alkanes of at least 4 members (excludes halogenated alkanes) is 30. The fraction of sp³-hybridized carbons (Fsp3) is 0.952. The number of hydrogen-bond acceptors (Lipinski definition) is 8. The van der Waals surface area contributed by atoms with E-state index in [4.69, 9.17) is 14.2 Å². The molecule has 9 heteroatoms. The van der Waals surface area contributed by atoms with E-state index in [2.05, 4.69) is 62.4 Å². The summed E-state index contributed by atoms with van der Waals surface area (Å²) in [6.45, 7) is 17.6. The normalized spacial score (nSPS) is 12.2. The molecule has 1 N–H and O–H groups in total. The zero-order valence-electron chi connectivity index (χ0n) is 49.0. The number of carbonyl (C=O) groups excluding carboxylic acids is 3. The average Bonchev–Trinajstić information content (AvgIpc) is 3.37. The molecule has 0 heterocycles. The van der Waals surface area contributed by atoms with Gasteiger partial charge in [-0.3, -0.25) is 14.4 Å². The Morgan fingerprint density at radius 3 is 1.06 bits per heavy atom. The van der Waals surface area contributed by atoms with Gasteiger partial charge in [-0.15, -0.1) is 0 Å². The van der Waals surface area contributed by atoms with Crippen LogP contribution in [-0.4, -0.2) is 78.8 Å². The Morgan fingerprint density at radius 2 is 0.694 bits per heavy atom. The molecule has 0 saturated carbocycles. The molecule has 0 rings (SSSR count). The largest absolute Gasteiger partial charge is 0.465 e. The maximum Gasteiger partial charge on any atom is 0.306 e. The first-order valence-corrected chi connectivity index (χ1v) is 32.7. The van der Waals surface area contributed by atoms with E-state index in [9.17, 15) is 19.5 Å². The van der Waals surface area contributed by atoms with Crippen molar-refractivity contribution < 1.29 is 33.7 Å². The van der Waals surface area contributed by atoms with Crippen molar-refractivity contribution in [2.75, 3.05) is 44.8 Å². The van der Waals surface area contributed by atoms with Gasteiger partial charge in [-0.2, -0.15) is 0 Å². The lowest BCUT2D eigenvalue weighted by Gasteiger charge is -2.21. The lowest BCUT2D eigenvalue weighted by molar-refractivity contribution is -0.150. The Morgan fingerprint density at radius 1 is 0.389 bits per heavy atom. The molecule has 2 unspecified atom stereocenters. The minimum Gasteiger partial charge on any atom is -0.465 e. The molecular formula is C63H124BrNO7. The van der Waals surface area contributed by atoms with Gasteiger partial charge in [-0.1, -0.05) is 244 Å². The molecule has 0 aliphatic heterocycles.